The molecule has 0 unspecified atom stereocenters. The topological polar surface area (TPSA) is 25.4 Å². The highest BCUT2D eigenvalue weighted by atomic mass is 32.1. The van der Waals surface area contributed by atoms with Gasteiger partial charge in [0.15, 0.2) is 0 Å². The van der Waals surface area contributed by atoms with Gasteiger partial charge < -0.3 is 4.74 Å². The van der Waals surface area contributed by atoms with E-state index in [1.807, 2.05) is 24.3 Å². The normalized spacial score (nSPS) is 11.9. The summed E-state index contributed by atoms with van der Waals surface area (Å²) in [4.78, 5) is 6.43. The van der Waals surface area contributed by atoms with Crippen LogP contribution in [-0.4, -0.2) is 23.3 Å². The van der Waals surface area contributed by atoms with E-state index in [-0.39, 0.29) is 5.75 Å². The lowest BCUT2D eigenvalue weighted by molar-refractivity contribution is -0.274. The molecule has 0 spiro atoms. The standard InChI is InChI=1S/C14H15F3N2OS/c1-10-18-12(9-21-10)8-19(2)7-11-3-5-13(6-4-11)20-14(15,16)17/h3-6,9H,7-8H2,1-2H3. The maximum Gasteiger partial charge on any atom is 0.573 e. The van der Waals surface area contributed by atoms with Crippen LogP contribution < -0.4 is 4.74 Å². The monoisotopic (exact) mass is 316 g/mol. The first-order chi connectivity index (χ1) is 9.82. The highest BCUT2D eigenvalue weighted by Crippen LogP contribution is 2.23. The Morgan fingerprint density at radius 1 is 1.19 bits per heavy atom. The van der Waals surface area contributed by atoms with Gasteiger partial charge in [-0.2, -0.15) is 0 Å². The predicted octanol–water partition coefficient (Wildman–Crippen LogP) is 3.98. The Balaban J connectivity index is 1.90. The molecule has 0 aliphatic heterocycles. The summed E-state index contributed by atoms with van der Waals surface area (Å²) in [6, 6.07) is 5.90. The molecule has 1 heterocycles. The van der Waals surface area contributed by atoms with Gasteiger partial charge in [0.2, 0.25) is 0 Å². The molecule has 0 radical (unpaired) electrons. The second-order valence-electron chi connectivity index (χ2n) is 4.72. The number of benzene rings is 1. The molecule has 2 rings (SSSR count). The number of rotatable bonds is 5. The van der Waals surface area contributed by atoms with E-state index in [2.05, 4.69) is 9.72 Å². The third-order valence-corrected chi connectivity index (χ3v) is 3.53. The predicted molar refractivity (Wildman–Crippen MR) is 75.1 cm³/mol. The Hall–Kier alpha value is -1.60. The fraction of sp³-hybridized carbons (Fsp3) is 0.357. The molecule has 0 aliphatic carbocycles. The van der Waals surface area contributed by atoms with Gasteiger partial charge in [0, 0.05) is 18.5 Å². The van der Waals surface area contributed by atoms with E-state index in [1.54, 1.807) is 23.5 Å². The zero-order valence-electron chi connectivity index (χ0n) is 11.6. The van der Waals surface area contributed by atoms with E-state index >= 15 is 0 Å². The van der Waals surface area contributed by atoms with E-state index in [1.165, 1.54) is 12.1 Å². The van der Waals surface area contributed by atoms with Crippen LogP contribution in [0.25, 0.3) is 0 Å². The fourth-order valence-corrected chi connectivity index (χ4v) is 2.53. The molecule has 2 aromatic rings. The van der Waals surface area contributed by atoms with Crippen molar-refractivity contribution < 1.29 is 17.9 Å². The van der Waals surface area contributed by atoms with Crippen molar-refractivity contribution in [1.82, 2.24) is 9.88 Å². The molecule has 0 N–H and O–H groups in total. The zero-order chi connectivity index (χ0) is 15.5. The van der Waals surface area contributed by atoms with Crippen molar-refractivity contribution >= 4 is 11.3 Å². The van der Waals surface area contributed by atoms with Crippen LogP contribution in [0.15, 0.2) is 29.6 Å². The van der Waals surface area contributed by atoms with Crippen LogP contribution in [0.3, 0.4) is 0 Å². The van der Waals surface area contributed by atoms with Crippen molar-refractivity contribution in [2.45, 2.75) is 26.4 Å². The third-order valence-electron chi connectivity index (χ3n) is 2.71. The van der Waals surface area contributed by atoms with Crippen LogP contribution in [0.4, 0.5) is 13.2 Å². The molecule has 0 saturated carbocycles. The molecule has 21 heavy (non-hydrogen) atoms. The van der Waals surface area contributed by atoms with Crippen LogP contribution in [0.2, 0.25) is 0 Å². The summed E-state index contributed by atoms with van der Waals surface area (Å²) in [5.74, 6) is -0.205. The number of halogens is 3. The van der Waals surface area contributed by atoms with Gasteiger partial charge in [-0.25, -0.2) is 4.98 Å². The largest absolute Gasteiger partial charge is 0.573 e. The molecule has 0 saturated heterocycles. The van der Waals surface area contributed by atoms with Gasteiger partial charge in [-0.05, 0) is 31.7 Å². The first kappa shape index (κ1) is 15.8. The van der Waals surface area contributed by atoms with E-state index in [9.17, 15) is 13.2 Å². The fourth-order valence-electron chi connectivity index (χ4n) is 1.92. The Labute approximate surface area is 125 Å². The number of aromatic nitrogens is 1. The van der Waals surface area contributed by atoms with Crippen LogP contribution in [-0.2, 0) is 13.1 Å². The summed E-state index contributed by atoms with van der Waals surface area (Å²) in [7, 11) is 1.94. The van der Waals surface area contributed by atoms with Gasteiger partial charge in [-0.1, -0.05) is 12.1 Å². The van der Waals surface area contributed by atoms with Crippen LogP contribution in [0.1, 0.15) is 16.3 Å². The summed E-state index contributed by atoms with van der Waals surface area (Å²) in [5, 5.41) is 3.03. The number of aryl methyl sites for hydroxylation is 1. The minimum absolute atomic E-state index is 0.205. The van der Waals surface area contributed by atoms with Crippen molar-refractivity contribution in [3.8, 4) is 5.75 Å². The van der Waals surface area contributed by atoms with Crippen LogP contribution in [0, 0.1) is 6.92 Å². The Bertz CT molecular complexity index is 581. The highest BCUT2D eigenvalue weighted by molar-refractivity contribution is 7.09. The van der Waals surface area contributed by atoms with Crippen molar-refractivity contribution in [1.29, 1.82) is 0 Å². The Morgan fingerprint density at radius 2 is 1.86 bits per heavy atom. The Morgan fingerprint density at radius 3 is 2.38 bits per heavy atom. The van der Waals surface area contributed by atoms with Gasteiger partial charge in [-0.15, -0.1) is 24.5 Å². The number of hydrogen-bond acceptors (Lipinski definition) is 4. The smallest absolute Gasteiger partial charge is 0.406 e. The number of ether oxygens (including phenoxy) is 1. The molecular formula is C14H15F3N2OS. The lowest BCUT2D eigenvalue weighted by atomic mass is 10.2. The van der Waals surface area contributed by atoms with Gasteiger partial charge in [-0.3, -0.25) is 4.90 Å². The lowest BCUT2D eigenvalue weighted by Gasteiger charge is -2.16. The maximum atomic E-state index is 12.1. The number of hydrogen-bond donors (Lipinski definition) is 0. The second-order valence-corrected chi connectivity index (χ2v) is 5.78. The van der Waals surface area contributed by atoms with E-state index in [0.29, 0.717) is 13.1 Å². The SMILES string of the molecule is Cc1nc(CN(C)Cc2ccc(OC(F)(F)F)cc2)cs1. The zero-order valence-corrected chi connectivity index (χ0v) is 12.5. The molecule has 0 amide bonds. The average Bonchev–Trinajstić information content (AvgIpc) is 2.75. The van der Waals surface area contributed by atoms with Gasteiger partial charge in [0.05, 0.1) is 10.7 Å². The summed E-state index contributed by atoms with van der Waals surface area (Å²) in [5.41, 5.74) is 1.91. The number of nitrogens with zero attached hydrogens (tertiary/aromatic N) is 2. The van der Waals surface area contributed by atoms with Crippen molar-refractivity contribution in [2.75, 3.05) is 7.05 Å². The minimum Gasteiger partial charge on any atom is -0.406 e. The first-order valence-corrected chi connectivity index (χ1v) is 7.14. The molecule has 1 aromatic carbocycles. The minimum atomic E-state index is -4.65. The molecule has 0 fully saturated rings. The van der Waals surface area contributed by atoms with E-state index < -0.39 is 6.36 Å². The van der Waals surface area contributed by atoms with Gasteiger partial charge >= 0.3 is 6.36 Å². The average molecular weight is 316 g/mol. The molecule has 0 aliphatic rings. The van der Waals surface area contributed by atoms with Crippen molar-refractivity contribution in [3.05, 3.63) is 45.9 Å². The highest BCUT2D eigenvalue weighted by Gasteiger charge is 2.30. The van der Waals surface area contributed by atoms with Crippen LogP contribution in [0.5, 0.6) is 5.75 Å². The molecule has 1 aromatic heterocycles. The first-order valence-electron chi connectivity index (χ1n) is 6.26. The number of thiazole rings is 1. The summed E-state index contributed by atoms with van der Waals surface area (Å²) >= 11 is 1.60. The molecule has 114 valence electrons. The molecule has 0 bridgehead atoms. The molecule has 0 atom stereocenters. The molecule has 7 heteroatoms. The molecule has 3 nitrogen and oxygen atoms in total. The summed E-state index contributed by atoms with van der Waals surface area (Å²) in [6.45, 7) is 3.28. The third kappa shape index (κ3) is 5.35. The van der Waals surface area contributed by atoms with Crippen molar-refractivity contribution in [2.24, 2.45) is 0 Å². The van der Waals surface area contributed by atoms with Crippen molar-refractivity contribution in [3.63, 3.8) is 0 Å². The Kier molecular flexibility index (Phi) is 4.84. The van der Waals surface area contributed by atoms with E-state index in [0.717, 1.165) is 16.3 Å². The molecular weight excluding hydrogens is 301 g/mol. The lowest BCUT2D eigenvalue weighted by Crippen LogP contribution is -2.18. The summed E-state index contributed by atoms with van der Waals surface area (Å²) < 4.78 is 40.0. The maximum absolute atomic E-state index is 12.1. The van der Waals surface area contributed by atoms with Gasteiger partial charge in [0.1, 0.15) is 5.75 Å². The van der Waals surface area contributed by atoms with Gasteiger partial charge in [0.25, 0.3) is 0 Å². The second kappa shape index (κ2) is 6.44. The summed E-state index contributed by atoms with van der Waals surface area (Å²) in [6.07, 6.45) is -4.65. The number of alkyl halides is 3. The van der Waals surface area contributed by atoms with E-state index in [4.69, 9.17) is 0 Å². The quantitative estimate of drug-likeness (QED) is 0.834. The van der Waals surface area contributed by atoms with Crippen LogP contribution >= 0.6 is 11.3 Å².